The van der Waals surface area contributed by atoms with Gasteiger partial charge in [0.1, 0.15) is 0 Å². The van der Waals surface area contributed by atoms with Gasteiger partial charge in [-0.25, -0.2) is 0 Å². The van der Waals surface area contributed by atoms with Crippen molar-refractivity contribution < 1.29 is 9.53 Å². The molecule has 3 N–H and O–H groups in total. The number of rotatable bonds is 7. The molecule has 0 saturated heterocycles. The Bertz CT molecular complexity index is 609. The van der Waals surface area contributed by atoms with Crippen molar-refractivity contribution in [3.8, 4) is 0 Å². The molecular weight excluding hydrogens is 276 g/mol. The molecule has 0 bridgehead atoms. The van der Waals surface area contributed by atoms with Crippen molar-refractivity contribution in [2.24, 2.45) is 0 Å². The quantitative estimate of drug-likeness (QED) is 0.772. The third-order valence-electron chi connectivity index (χ3n) is 3.40. The first-order valence-corrected chi connectivity index (χ1v) is 7.44. The van der Waals surface area contributed by atoms with Crippen LogP contribution >= 0.6 is 0 Å². The summed E-state index contributed by atoms with van der Waals surface area (Å²) in [7, 11) is 0. The predicted molar refractivity (Wildman–Crippen MR) is 88.2 cm³/mol. The normalized spacial score (nSPS) is 10.4. The van der Waals surface area contributed by atoms with Crippen LogP contribution in [0.3, 0.4) is 0 Å². The molecule has 0 radical (unpaired) electrons. The van der Waals surface area contributed by atoms with Gasteiger partial charge in [0.15, 0.2) is 0 Å². The van der Waals surface area contributed by atoms with Crippen molar-refractivity contribution in [3.63, 3.8) is 0 Å². The molecule has 0 spiro atoms. The maximum Gasteiger partial charge on any atom is 0.224 e. The van der Waals surface area contributed by atoms with Gasteiger partial charge in [0, 0.05) is 18.8 Å². The highest BCUT2D eigenvalue weighted by atomic mass is 16.5. The zero-order valence-electron chi connectivity index (χ0n) is 12.8. The minimum Gasteiger partial charge on any atom is -0.399 e. The molecule has 1 amide bonds. The number of nitrogen functional groups attached to an aromatic ring is 1. The zero-order chi connectivity index (χ0) is 15.8. The summed E-state index contributed by atoms with van der Waals surface area (Å²) in [5.41, 5.74) is 9.49. The van der Waals surface area contributed by atoms with Crippen molar-refractivity contribution in [2.75, 3.05) is 12.3 Å². The molecule has 116 valence electrons. The second-order valence-electron chi connectivity index (χ2n) is 5.10. The molecule has 2 aromatic carbocycles. The van der Waals surface area contributed by atoms with Crippen molar-refractivity contribution in [3.05, 3.63) is 65.2 Å². The van der Waals surface area contributed by atoms with Gasteiger partial charge in [-0.05, 0) is 35.7 Å². The average molecular weight is 298 g/mol. The van der Waals surface area contributed by atoms with E-state index < -0.39 is 0 Å². The van der Waals surface area contributed by atoms with Crippen LogP contribution in [0.5, 0.6) is 0 Å². The number of hydrogen-bond acceptors (Lipinski definition) is 3. The van der Waals surface area contributed by atoms with Crippen LogP contribution in [0.1, 0.15) is 23.6 Å². The van der Waals surface area contributed by atoms with Crippen molar-refractivity contribution in [2.45, 2.75) is 26.5 Å². The van der Waals surface area contributed by atoms with Crippen LogP contribution in [0.25, 0.3) is 0 Å². The van der Waals surface area contributed by atoms with E-state index in [9.17, 15) is 4.79 Å². The van der Waals surface area contributed by atoms with E-state index in [2.05, 4.69) is 5.32 Å². The largest absolute Gasteiger partial charge is 0.399 e. The van der Waals surface area contributed by atoms with Gasteiger partial charge in [-0.3, -0.25) is 4.79 Å². The third-order valence-corrected chi connectivity index (χ3v) is 3.40. The maximum atomic E-state index is 12.0. The standard InChI is InChI=1S/C18H22N2O2/c1-2-22-13-16-6-4-3-5-15(16)12-20-18(21)11-14-7-9-17(19)10-8-14/h3-10H,2,11-13,19H2,1H3,(H,20,21). The minimum absolute atomic E-state index is 0.00372. The van der Waals surface area contributed by atoms with Gasteiger partial charge in [0.05, 0.1) is 13.0 Å². The third kappa shape index (κ3) is 4.90. The topological polar surface area (TPSA) is 64.3 Å². The van der Waals surface area contributed by atoms with Gasteiger partial charge < -0.3 is 15.8 Å². The average Bonchev–Trinajstić information content (AvgIpc) is 2.54. The van der Waals surface area contributed by atoms with Crippen molar-refractivity contribution >= 4 is 11.6 Å². The van der Waals surface area contributed by atoms with Gasteiger partial charge in [0.25, 0.3) is 0 Å². The van der Waals surface area contributed by atoms with Crippen molar-refractivity contribution in [1.29, 1.82) is 0 Å². The first-order valence-electron chi connectivity index (χ1n) is 7.44. The van der Waals surface area contributed by atoms with E-state index in [1.165, 1.54) is 0 Å². The molecule has 0 aromatic heterocycles. The fourth-order valence-electron chi connectivity index (χ4n) is 2.16. The smallest absolute Gasteiger partial charge is 0.224 e. The fourth-order valence-corrected chi connectivity index (χ4v) is 2.16. The highest BCUT2D eigenvalue weighted by Gasteiger charge is 2.06. The number of nitrogens with one attached hydrogen (secondary N) is 1. The summed E-state index contributed by atoms with van der Waals surface area (Å²) in [5.74, 6) is -0.00372. The van der Waals surface area contributed by atoms with E-state index in [0.29, 0.717) is 31.9 Å². The molecule has 2 rings (SSSR count). The molecule has 0 atom stereocenters. The van der Waals surface area contributed by atoms with E-state index >= 15 is 0 Å². The lowest BCUT2D eigenvalue weighted by atomic mass is 10.1. The summed E-state index contributed by atoms with van der Waals surface area (Å²) in [6.45, 7) is 3.73. The highest BCUT2D eigenvalue weighted by molar-refractivity contribution is 5.78. The number of carbonyl (C=O) groups is 1. The van der Waals surface area contributed by atoms with E-state index in [1.54, 1.807) is 12.1 Å². The molecule has 0 aliphatic carbocycles. The molecule has 0 heterocycles. The maximum absolute atomic E-state index is 12.0. The summed E-state index contributed by atoms with van der Waals surface area (Å²) in [6.07, 6.45) is 0.355. The van der Waals surface area contributed by atoms with Gasteiger partial charge in [-0.1, -0.05) is 36.4 Å². The number of amides is 1. The summed E-state index contributed by atoms with van der Waals surface area (Å²) >= 11 is 0. The molecular formula is C18H22N2O2. The SMILES string of the molecule is CCOCc1ccccc1CNC(=O)Cc1ccc(N)cc1. The van der Waals surface area contributed by atoms with Crippen LogP contribution < -0.4 is 11.1 Å². The van der Waals surface area contributed by atoms with Gasteiger partial charge in [0.2, 0.25) is 5.91 Å². The summed E-state index contributed by atoms with van der Waals surface area (Å²) in [5, 5.41) is 2.95. The van der Waals surface area contributed by atoms with Crippen molar-refractivity contribution in [1.82, 2.24) is 5.32 Å². The van der Waals surface area contributed by atoms with E-state index in [4.69, 9.17) is 10.5 Å². The van der Waals surface area contributed by atoms with E-state index in [0.717, 1.165) is 16.7 Å². The molecule has 0 unspecified atom stereocenters. The Hall–Kier alpha value is -2.33. The summed E-state index contributed by atoms with van der Waals surface area (Å²) in [4.78, 5) is 12.0. The van der Waals surface area contributed by atoms with Gasteiger partial charge in [-0.2, -0.15) is 0 Å². The first-order chi connectivity index (χ1) is 10.7. The number of anilines is 1. The van der Waals surface area contributed by atoms with Crippen LogP contribution in [0.2, 0.25) is 0 Å². The Morgan fingerprint density at radius 3 is 2.45 bits per heavy atom. The first kappa shape index (κ1) is 16.0. The highest BCUT2D eigenvalue weighted by Crippen LogP contribution is 2.10. The predicted octanol–water partition coefficient (Wildman–Crippen LogP) is 2.66. The van der Waals surface area contributed by atoms with Crippen LogP contribution in [0, 0.1) is 0 Å². The number of ether oxygens (including phenoxy) is 1. The number of carbonyl (C=O) groups excluding carboxylic acids is 1. The number of nitrogens with two attached hydrogens (primary N) is 1. The van der Waals surface area contributed by atoms with E-state index in [1.807, 2.05) is 43.3 Å². The number of benzene rings is 2. The second-order valence-corrected chi connectivity index (χ2v) is 5.10. The van der Waals surface area contributed by atoms with Gasteiger partial charge in [-0.15, -0.1) is 0 Å². The van der Waals surface area contributed by atoms with Crippen LogP contribution in [0.4, 0.5) is 5.69 Å². The second kappa shape index (κ2) is 8.20. The molecule has 22 heavy (non-hydrogen) atoms. The molecule has 2 aromatic rings. The minimum atomic E-state index is -0.00372. The Morgan fingerprint density at radius 2 is 1.77 bits per heavy atom. The Labute approximate surface area is 131 Å². The molecule has 0 aliphatic heterocycles. The summed E-state index contributed by atoms with van der Waals surface area (Å²) < 4.78 is 5.45. The lowest BCUT2D eigenvalue weighted by Gasteiger charge is -2.11. The lowest BCUT2D eigenvalue weighted by molar-refractivity contribution is -0.120. The van der Waals surface area contributed by atoms with Crippen LogP contribution in [-0.4, -0.2) is 12.5 Å². The Balaban J connectivity index is 1.89. The van der Waals surface area contributed by atoms with Crippen LogP contribution in [0.15, 0.2) is 48.5 Å². The monoisotopic (exact) mass is 298 g/mol. The number of hydrogen-bond donors (Lipinski definition) is 2. The molecule has 0 saturated carbocycles. The lowest BCUT2D eigenvalue weighted by Crippen LogP contribution is -2.25. The Morgan fingerprint density at radius 1 is 1.09 bits per heavy atom. The van der Waals surface area contributed by atoms with Gasteiger partial charge >= 0.3 is 0 Å². The van der Waals surface area contributed by atoms with Crippen LogP contribution in [-0.2, 0) is 29.1 Å². The Kier molecular flexibility index (Phi) is 5.98. The summed E-state index contributed by atoms with van der Waals surface area (Å²) in [6, 6.07) is 15.3. The van der Waals surface area contributed by atoms with E-state index in [-0.39, 0.29) is 5.91 Å². The fraction of sp³-hybridized carbons (Fsp3) is 0.278. The molecule has 4 heteroatoms. The zero-order valence-corrected chi connectivity index (χ0v) is 12.8. The molecule has 0 aliphatic rings. The molecule has 0 fully saturated rings. The molecule has 4 nitrogen and oxygen atoms in total.